The molecule has 0 saturated carbocycles. The number of imide groups is 2. The zero-order valence-electron chi connectivity index (χ0n) is 18.6. The lowest BCUT2D eigenvalue weighted by molar-refractivity contribution is -0.123. The Balaban J connectivity index is 1.98. The summed E-state index contributed by atoms with van der Waals surface area (Å²) in [5.41, 5.74) is 5.56. The summed E-state index contributed by atoms with van der Waals surface area (Å²) in [5, 5.41) is 2.12. The Morgan fingerprint density at radius 2 is 1.80 bits per heavy atom. The molecule has 12 heteroatoms. The number of carbonyl (C=O) groups excluding carboxylic acids is 5. The molecular formula is C23H20BrN3O8. The standard InChI is InChI=1S/C23H20BrN3O8/c1-3-34-17-10-12(9-16(24)19(17)35-11-18(25)28)8-15-20(29)26-23(32)27(21(15)30)14-6-4-13(5-7-14)22(31)33-2/h4-10H,3,11H2,1-2H3,(H2,25,28)(H,26,29,32)/b15-8+. The van der Waals surface area contributed by atoms with Crippen LogP contribution in [0.25, 0.3) is 6.08 Å². The van der Waals surface area contributed by atoms with Gasteiger partial charge in [0.05, 0.1) is 29.4 Å². The van der Waals surface area contributed by atoms with Crippen molar-refractivity contribution < 1.29 is 38.2 Å². The first-order valence-electron chi connectivity index (χ1n) is 10.1. The lowest BCUT2D eigenvalue weighted by Gasteiger charge is -2.26. The Hall–Kier alpha value is -4.19. The maximum Gasteiger partial charge on any atom is 0.337 e. The number of benzene rings is 2. The summed E-state index contributed by atoms with van der Waals surface area (Å²) >= 11 is 3.32. The van der Waals surface area contributed by atoms with Crippen LogP contribution in [0.2, 0.25) is 0 Å². The van der Waals surface area contributed by atoms with Crippen molar-refractivity contribution in [3.63, 3.8) is 0 Å². The average Bonchev–Trinajstić information content (AvgIpc) is 2.81. The minimum Gasteiger partial charge on any atom is -0.490 e. The van der Waals surface area contributed by atoms with Crippen molar-refractivity contribution in [3.05, 3.63) is 57.6 Å². The molecule has 182 valence electrons. The van der Waals surface area contributed by atoms with Gasteiger partial charge in [-0.15, -0.1) is 0 Å². The minimum atomic E-state index is -0.936. The maximum atomic E-state index is 13.1. The molecule has 5 amide bonds. The number of nitrogens with zero attached hydrogens (tertiary/aromatic N) is 1. The SMILES string of the molecule is CCOc1cc(/C=C2\C(=O)NC(=O)N(c3ccc(C(=O)OC)cc3)C2=O)cc(Br)c1OCC(N)=O. The van der Waals surface area contributed by atoms with E-state index in [0.29, 0.717) is 10.0 Å². The van der Waals surface area contributed by atoms with Crippen LogP contribution in [-0.2, 0) is 19.1 Å². The number of hydrogen-bond acceptors (Lipinski definition) is 8. The highest BCUT2D eigenvalue weighted by molar-refractivity contribution is 9.10. The summed E-state index contributed by atoms with van der Waals surface area (Å²) in [5.74, 6) is -2.56. The molecule has 0 atom stereocenters. The summed E-state index contributed by atoms with van der Waals surface area (Å²) in [6, 6.07) is 7.64. The van der Waals surface area contributed by atoms with Crippen molar-refractivity contribution in [1.82, 2.24) is 5.32 Å². The summed E-state index contributed by atoms with van der Waals surface area (Å²) in [4.78, 5) is 61.6. The highest BCUT2D eigenvalue weighted by atomic mass is 79.9. The van der Waals surface area contributed by atoms with E-state index in [9.17, 15) is 24.0 Å². The molecule has 35 heavy (non-hydrogen) atoms. The van der Waals surface area contributed by atoms with Gasteiger partial charge in [-0.25, -0.2) is 14.5 Å². The first-order valence-corrected chi connectivity index (χ1v) is 10.9. The number of nitrogens with two attached hydrogens (primary N) is 1. The number of primary amides is 1. The number of barbiturate groups is 1. The molecule has 3 N–H and O–H groups in total. The van der Waals surface area contributed by atoms with E-state index < -0.39 is 29.7 Å². The second kappa shape index (κ2) is 10.8. The van der Waals surface area contributed by atoms with Crippen LogP contribution in [0, 0.1) is 0 Å². The maximum absolute atomic E-state index is 13.1. The van der Waals surface area contributed by atoms with Crippen molar-refractivity contribution in [3.8, 4) is 11.5 Å². The van der Waals surface area contributed by atoms with E-state index in [2.05, 4.69) is 26.0 Å². The topological polar surface area (TPSA) is 154 Å². The molecular weight excluding hydrogens is 526 g/mol. The zero-order valence-corrected chi connectivity index (χ0v) is 20.2. The van der Waals surface area contributed by atoms with Crippen LogP contribution in [0.4, 0.5) is 10.5 Å². The number of esters is 1. The molecule has 0 bridgehead atoms. The van der Waals surface area contributed by atoms with Crippen LogP contribution in [0.3, 0.4) is 0 Å². The highest BCUT2D eigenvalue weighted by Gasteiger charge is 2.37. The summed E-state index contributed by atoms with van der Waals surface area (Å²) in [6.07, 6.45) is 1.28. The number of halogens is 1. The Morgan fingerprint density at radius 1 is 1.11 bits per heavy atom. The van der Waals surface area contributed by atoms with E-state index in [1.165, 1.54) is 43.5 Å². The van der Waals surface area contributed by atoms with Gasteiger partial charge in [-0.1, -0.05) is 0 Å². The second-order valence-electron chi connectivity index (χ2n) is 7.01. The Labute approximate surface area is 207 Å². The highest BCUT2D eigenvalue weighted by Crippen LogP contribution is 2.38. The first kappa shape index (κ1) is 25.4. The quantitative estimate of drug-likeness (QED) is 0.290. The number of hydrogen-bond donors (Lipinski definition) is 2. The molecule has 1 aliphatic rings. The molecule has 0 unspecified atom stereocenters. The van der Waals surface area contributed by atoms with Gasteiger partial charge in [-0.05, 0) is 70.9 Å². The van der Waals surface area contributed by atoms with Gasteiger partial charge in [0.1, 0.15) is 5.57 Å². The largest absolute Gasteiger partial charge is 0.490 e. The lowest BCUT2D eigenvalue weighted by atomic mass is 10.1. The van der Waals surface area contributed by atoms with Crippen LogP contribution >= 0.6 is 15.9 Å². The van der Waals surface area contributed by atoms with Crippen LogP contribution in [-0.4, -0.2) is 50.0 Å². The summed E-state index contributed by atoms with van der Waals surface area (Å²) in [6.45, 7) is 1.62. The fourth-order valence-corrected chi connectivity index (χ4v) is 3.71. The van der Waals surface area contributed by atoms with Crippen molar-refractivity contribution in [1.29, 1.82) is 0 Å². The predicted molar refractivity (Wildman–Crippen MR) is 127 cm³/mol. The van der Waals surface area contributed by atoms with Gasteiger partial charge in [0.25, 0.3) is 17.7 Å². The molecule has 0 radical (unpaired) electrons. The van der Waals surface area contributed by atoms with Gasteiger partial charge in [0.2, 0.25) is 0 Å². The molecule has 0 aromatic heterocycles. The Bertz CT molecular complexity index is 1240. The number of rotatable bonds is 8. The molecule has 1 aliphatic heterocycles. The zero-order chi connectivity index (χ0) is 25.7. The van der Waals surface area contributed by atoms with Crippen LogP contribution in [0.15, 0.2) is 46.4 Å². The average molecular weight is 546 g/mol. The number of urea groups is 1. The Kier molecular flexibility index (Phi) is 7.87. The number of anilines is 1. The normalized spacial score (nSPS) is 14.5. The molecule has 2 aromatic carbocycles. The van der Waals surface area contributed by atoms with Gasteiger partial charge >= 0.3 is 12.0 Å². The fourth-order valence-electron chi connectivity index (χ4n) is 3.14. The predicted octanol–water partition coefficient (Wildman–Crippen LogP) is 2.16. The second-order valence-corrected chi connectivity index (χ2v) is 7.87. The van der Waals surface area contributed by atoms with Gasteiger partial charge < -0.3 is 19.9 Å². The molecule has 1 heterocycles. The summed E-state index contributed by atoms with van der Waals surface area (Å²) < 4.78 is 16.0. The molecule has 2 aromatic rings. The molecule has 1 fully saturated rings. The molecule has 1 saturated heterocycles. The summed E-state index contributed by atoms with van der Waals surface area (Å²) in [7, 11) is 1.23. The molecule has 0 aliphatic carbocycles. The first-order chi connectivity index (χ1) is 16.7. The number of nitrogens with one attached hydrogen (secondary N) is 1. The van der Waals surface area contributed by atoms with Gasteiger partial charge in [0.15, 0.2) is 18.1 Å². The fraction of sp³-hybridized carbons (Fsp3) is 0.174. The third kappa shape index (κ3) is 5.66. The van der Waals surface area contributed by atoms with Crippen LogP contribution in [0.5, 0.6) is 11.5 Å². The smallest absolute Gasteiger partial charge is 0.337 e. The van der Waals surface area contributed by atoms with E-state index in [1.54, 1.807) is 13.0 Å². The van der Waals surface area contributed by atoms with Gasteiger partial charge in [-0.3, -0.25) is 19.7 Å². The van der Waals surface area contributed by atoms with E-state index in [-0.39, 0.29) is 41.5 Å². The van der Waals surface area contributed by atoms with E-state index in [4.69, 9.17) is 15.2 Å². The number of ether oxygens (including phenoxy) is 3. The van der Waals surface area contributed by atoms with E-state index in [1.807, 2.05) is 0 Å². The Morgan fingerprint density at radius 3 is 2.40 bits per heavy atom. The van der Waals surface area contributed by atoms with E-state index >= 15 is 0 Å². The minimum absolute atomic E-state index is 0.143. The van der Waals surface area contributed by atoms with Crippen LogP contribution in [0.1, 0.15) is 22.8 Å². The third-order valence-corrected chi connectivity index (χ3v) is 5.24. The van der Waals surface area contributed by atoms with Gasteiger partial charge in [0, 0.05) is 0 Å². The third-order valence-electron chi connectivity index (χ3n) is 4.65. The monoisotopic (exact) mass is 545 g/mol. The van der Waals surface area contributed by atoms with Crippen LogP contribution < -0.4 is 25.4 Å². The molecule has 3 rings (SSSR count). The number of amides is 5. The lowest BCUT2D eigenvalue weighted by Crippen LogP contribution is -2.54. The molecule has 11 nitrogen and oxygen atoms in total. The number of methoxy groups -OCH3 is 1. The van der Waals surface area contributed by atoms with Crippen molar-refractivity contribution >= 4 is 57.4 Å². The number of carbonyl (C=O) groups is 5. The van der Waals surface area contributed by atoms with Crippen molar-refractivity contribution in [2.24, 2.45) is 5.73 Å². The van der Waals surface area contributed by atoms with E-state index in [0.717, 1.165) is 4.90 Å². The van der Waals surface area contributed by atoms with Crippen molar-refractivity contribution in [2.75, 3.05) is 25.2 Å². The van der Waals surface area contributed by atoms with Crippen molar-refractivity contribution in [2.45, 2.75) is 6.92 Å². The van der Waals surface area contributed by atoms with Gasteiger partial charge in [-0.2, -0.15) is 0 Å². The molecule has 0 spiro atoms.